The first-order valence-corrected chi connectivity index (χ1v) is 16.8. The van der Waals surface area contributed by atoms with Crippen molar-refractivity contribution < 1.29 is 19.8 Å². The van der Waals surface area contributed by atoms with Gasteiger partial charge in [0.05, 0.1) is 21.9 Å². The Kier molecular flexibility index (Phi) is 7.45. The van der Waals surface area contributed by atoms with E-state index in [1.807, 2.05) is 24.3 Å². The summed E-state index contributed by atoms with van der Waals surface area (Å²) in [5.41, 5.74) is 11.0. The number of nitrogens with zero attached hydrogens (tertiary/aromatic N) is 2. The Balaban J connectivity index is 1.05. The zero-order chi connectivity index (χ0) is 31.7. The molecular formula is C38H34Cl2N2O4. The summed E-state index contributed by atoms with van der Waals surface area (Å²) in [4.78, 5) is 27.2. The number of benzene rings is 4. The fraction of sp³-hybridized carbons (Fsp3) is 0.316. The summed E-state index contributed by atoms with van der Waals surface area (Å²) < 4.78 is 0. The highest BCUT2D eigenvalue weighted by molar-refractivity contribution is 6.39. The number of fused-ring (bicyclic) bond motifs is 2. The fourth-order valence-electron chi connectivity index (χ4n) is 8.06. The lowest BCUT2D eigenvalue weighted by Crippen LogP contribution is -2.51. The average Bonchev–Trinajstić information content (AvgIpc) is 3.60. The largest absolute Gasteiger partial charge is 0.481 e. The van der Waals surface area contributed by atoms with Gasteiger partial charge in [0.1, 0.15) is 0 Å². The number of rotatable bonds is 7. The third-order valence-corrected chi connectivity index (χ3v) is 11.5. The van der Waals surface area contributed by atoms with Crippen LogP contribution in [0, 0.1) is 11.8 Å². The maximum Gasteiger partial charge on any atom is 0.309 e. The van der Waals surface area contributed by atoms with Crippen LogP contribution in [0.2, 0.25) is 10.0 Å². The minimum absolute atomic E-state index is 0.254. The number of carboxylic acid groups (broad SMARTS) is 2. The summed E-state index contributed by atoms with van der Waals surface area (Å²) >= 11 is 14.3. The van der Waals surface area contributed by atoms with E-state index < -0.39 is 11.9 Å². The molecule has 2 N–H and O–H groups in total. The summed E-state index contributed by atoms with van der Waals surface area (Å²) in [6.07, 6.45) is 3.95. The van der Waals surface area contributed by atoms with Crippen molar-refractivity contribution >= 4 is 35.1 Å². The fourth-order valence-corrected chi connectivity index (χ4v) is 8.73. The van der Waals surface area contributed by atoms with Gasteiger partial charge >= 0.3 is 11.9 Å². The number of aliphatic carboxylic acids is 2. The molecule has 4 aromatic rings. The third kappa shape index (κ3) is 4.94. The van der Waals surface area contributed by atoms with Crippen LogP contribution in [0.25, 0.3) is 33.4 Å². The van der Waals surface area contributed by atoms with E-state index in [0.29, 0.717) is 36.2 Å². The molecule has 1 unspecified atom stereocenters. The predicted octanol–water partition coefficient (Wildman–Crippen LogP) is 8.00. The lowest BCUT2D eigenvalue weighted by molar-refractivity contribution is -0.149. The zero-order valence-electron chi connectivity index (χ0n) is 25.3. The molecule has 0 spiro atoms. The molecule has 4 aromatic carbocycles. The smallest absolute Gasteiger partial charge is 0.309 e. The summed E-state index contributed by atoms with van der Waals surface area (Å²) in [6.45, 7) is 2.48. The van der Waals surface area contributed by atoms with E-state index in [0.717, 1.165) is 59.1 Å². The van der Waals surface area contributed by atoms with Crippen LogP contribution in [-0.2, 0) is 22.4 Å². The van der Waals surface area contributed by atoms with Crippen molar-refractivity contribution in [1.82, 2.24) is 9.80 Å². The van der Waals surface area contributed by atoms with E-state index in [1.54, 1.807) is 0 Å². The Morgan fingerprint density at radius 3 is 1.37 bits per heavy atom. The van der Waals surface area contributed by atoms with Gasteiger partial charge in [-0.25, -0.2) is 0 Å². The standard InChI is InChI=1S/C38H34Cl2N2O4/c39-35-29(23-7-11-27-21(15-23)9-13-33(27)41-17-25(18-41)37(43)44)3-1-5-31(35)32-6-2-4-30(36(32)40)24-8-12-28-22(16-24)10-14-34(28)42-19-26(20-42)38(45)46/h1-8,11-12,15-16,25-26,33-34H,9-10,13-14,17-20H2,(H,43,44)(H,45,46)/t33-,34?/m0/s1. The number of halogens is 2. The highest BCUT2D eigenvalue weighted by Crippen LogP contribution is 2.46. The number of likely N-dealkylation sites (tertiary alicyclic amines) is 2. The Morgan fingerprint density at radius 1 is 0.587 bits per heavy atom. The van der Waals surface area contributed by atoms with Gasteiger partial charge in [0, 0.05) is 60.5 Å². The second-order valence-electron chi connectivity index (χ2n) is 13.2. The van der Waals surface area contributed by atoms with E-state index >= 15 is 0 Å². The Labute approximate surface area is 278 Å². The van der Waals surface area contributed by atoms with E-state index in [4.69, 9.17) is 23.2 Å². The number of aryl methyl sites for hydroxylation is 2. The summed E-state index contributed by atoms with van der Waals surface area (Å²) in [7, 11) is 0. The Bertz CT molecular complexity index is 1760. The van der Waals surface area contributed by atoms with Crippen LogP contribution >= 0.6 is 23.2 Å². The number of carbonyl (C=O) groups is 2. The number of hydrogen-bond acceptors (Lipinski definition) is 4. The average molecular weight is 654 g/mol. The van der Waals surface area contributed by atoms with Gasteiger partial charge in [-0.15, -0.1) is 0 Å². The van der Waals surface area contributed by atoms with Crippen LogP contribution in [-0.4, -0.2) is 58.1 Å². The molecule has 0 bridgehead atoms. The highest BCUT2D eigenvalue weighted by Gasteiger charge is 2.40. The van der Waals surface area contributed by atoms with Crippen LogP contribution < -0.4 is 0 Å². The van der Waals surface area contributed by atoms with Crippen LogP contribution in [0.3, 0.4) is 0 Å². The first kappa shape index (κ1) is 29.7. The summed E-state index contributed by atoms with van der Waals surface area (Å²) in [5, 5.41) is 19.9. The lowest BCUT2D eigenvalue weighted by atomic mass is 9.92. The van der Waals surface area contributed by atoms with E-state index in [9.17, 15) is 19.8 Å². The molecule has 8 rings (SSSR count). The van der Waals surface area contributed by atoms with Gasteiger partial charge < -0.3 is 10.2 Å². The quantitative estimate of drug-likeness (QED) is 0.211. The van der Waals surface area contributed by atoms with Gasteiger partial charge in [0.2, 0.25) is 0 Å². The second-order valence-corrected chi connectivity index (χ2v) is 14.0. The summed E-state index contributed by atoms with van der Waals surface area (Å²) in [5.74, 6) is -1.91. The molecule has 2 fully saturated rings. The van der Waals surface area contributed by atoms with Crippen molar-refractivity contribution in [2.75, 3.05) is 26.2 Å². The molecular weight excluding hydrogens is 619 g/mol. The number of carboxylic acids is 2. The first-order valence-electron chi connectivity index (χ1n) is 16.0. The van der Waals surface area contributed by atoms with E-state index in [2.05, 4.69) is 58.3 Å². The molecule has 2 heterocycles. The van der Waals surface area contributed by atoms with Gasteiger partial charge in [-0.3, -0.25) is 19.4 Å². The van der Waals surface area contributed by atoms with Crippen LogP contribution in [0.1, 0.15) is 47.2 Å². The minimum atomic E-state index is -0.702. The SMILES string of the molecule is O=C(O)C1CN(C2CCc3cc(-c4cccc(-c5cccc(-c6ccc7c(c6)CC[C@@H]7N6CC(C(=O)O)C6)c5Cl)c4Cl)ccc32)C1. The van der Waals surface area contributed by atoms with Crippen molar-refractivity contribution in [3.63, 3.8) is 0 Å². The van der Waals surface area contributed by atoms with Crippen LogP contribution in [0.4, 0.5) is 0 Å². The molecule has 2 saturated heterocycles. The van der Waals surface area contributed by atoms with Gasteiger partial charge in [-0.2, -0.15) is 0 Å². The van der Waals surface area contributed by atoms with Crippen LogP contribution in [0.15, 0.2) is 72.8 Å². The second kappa shape index (κ2) is 11.5. The molecule has 0 aromatic heterocycles. The minimum Gasteiger partial charge on any atom is -0.481 e. The molecule has 2 aliphatic heterocycles. The monoisotopic (exact) mass is 652 g/mol. The van der Waals surface area contributed by atoms with E-state index in [1.165, 1.54) is 22.3 Å². The number of hydrogen-bond donors (Lipinski definition) is 2. The molecule has 2 aliphatic carbocycles. The predicted molar refractivity (Wildman–Crippen MR) is 180 cm³/mol. The van der Waals surface area contributed by atoms with E-state index in [-0.39, 0.29) is 23.9 Å². The van der Waals surface area contributed by atoms with Gasteiger partial charge in [0.15, 0.2) is 0 Å². The molecule has 2 atom stereocenters. The molecule has 46 heavy (non-hydrogen) atoms. The summed E-state index contributed by atoms with van der Waals surface area (Å²) in [6, 6.07) is 25.9. The van der Waals surface area contributed by atoms with Crippen molar-refractivity contribution in [3.05, 3.63) is 105 Å². The molecule has 0 saturated carbocycles. The van der Waals surface area contributed by atoms with Gasteiger partial charge in [-0.05, 0) is 59.1 Å². The van der Waals surface area contributed by atoms with Crippen molar-refractivity contribution in [2.45, 2.75) is 37.8 Å². The van der Waals surface area contributed by atoms with Crippen LogP contribution in [0.5, 0.6) is 0 Å². The normalized spacial score (nSPS) is 21.4. The molecule has 6 nitrogen and oxygen atoms in total. The molecule has 8 heteroatoms. The third-order valence-electron chi connectivity index (χ3n) is 10.7. The molecule has 234 valence electrons. The van der Waals surface area contributed by atoms with Crippen molar-refractivity contribution in [3.8, 4) is 33.4 Å². The molecule has 0 radical (unpaired) electrons. The highest BCUT2D eigenvalue weighted by atomic mass is 35.5. The maximum absolute atomic E-state index is 11.3. The Morgan fingerprint density at radius 2 is 0.978 bits per heavy atom. The van der Waals surface area contributed by atoms with Gasteiger partial charge in [-0.1, -0.05) is 96.0 Å². The first-order chi connectivity index (χ1) is 22.3. The van der Waals surface area contributed by atoms with Crippen molar-refractivity contribution in [2.24, 2.45) is 11.8 Å². The maximum atomic E-state index is 11.3. The molecule has 4 aliphatic rings. The Hall–Kier alpha value is -3.68. The van der Waals surface area contributed by atoms with Crippen molar-refractivity contribution in [1.29, 1.82) is 0 Å². The lowest BCUT2D eigenvalue weighted by Gasteiger charge is -2.41. The zero-order valence-corrected chi connectivity index (χ0v) is 26.8. The van der Waals surface area contributed by atoms with Gasteiger partial charge in [0.25, 0.3) is 0 Å². The molecule has 0 amide bonds. The topological polar surface area (TPSA) is 81.1 Å².